The van der Waals surface area contributed by atoms with Crippen molar-refractivity contribution in [1.82, 2.24) is 5.43 Å². The second-order valence-corrected chi connectivity index (χ2v) is 3.59. The van der Waals surface area contributed by atoms with E-state index < -0.39 is 0 Å². The Morgan fingerprint density at radius 1 is 1.44 bits per heavy atom. The van der Waals surface area contributed by atoms with Gasteiger partial charge in [-0.3, -0.25) is 5.43 Å². The van der Waals surface area contributed by atoms with Crippen molar-refractivity contribution in [3.05, 3.63) is 35.9 Å². The van der Waals surface area contributed by atoms with Crippen molar-refractivity contribution in [2.75, 3.05) is 0 Å². The highest BCUT2D eigenvalue weighted by molar-refractivity contribution is 7.80. The fourth-order valence-electron chi connectivity index (χ4n) is 0.983. The van der Waals surface area contributed by atoms with Gasteiger partial charge in [0.25, 0.3) is 0 Å². The maximum absolute atomic E-state index is 9.09. The Labute approximate surface area is 99.5 Å². The summed E-state index contributed by atoms with van der Waals surface area (Å²) in [4.78, 5) is 0. The minimum Gasteiger partial charge on any atom is -0.508 e. The average molecular weight is 235 g/mol. The van der Waals surface area contributed by atoms with Gasteiger partial charge in [0.2, 0.25) is 0 Å². The minimum absolute atomic E-state index is 0.136. The number of phenolic OH excluding ortho intramolecular Hbond substituents is 1. The summed E-state index contributed by atoms with van der Waals surface area (Å²) in [6.45, 7) is 1.82. The van der Waals surface area contributed by atoms with E-state index in [1.807, 2.05) is 19.1 Å². The van der Waals surface area contributed by atoms with Crippen LogP contribution in [-0.2, 0) is 0 Å². The lowest BCUT2D eigenvalue weighted by Crippen LogP contribution is -2.24. The summed E-state index contributed by atoms with van der Waals surface area (Å²) in [6, 6.07) is 6.86. The van der Waals surface area contributed by atoms with Gasteiger partial charge >= 0.3 is 0 Å². The molecule has 1 aromatic carbocycles. The van der Waals surface area contributed by atoms with E-state index in [-0.39, 0.29) is 10.9 Å². The minimum atomic E-state index is 0.136. The van der Waals surface area contributed by atoms with Crippen molar-refractivity contribution in [2.45, 2.75) is 6.92 Å². The molecule has 1 rings (SSSR count). The van der Waals surface area contributed by atoms with Crippen LogP contribution >= 0.6 is 12.2 Å². The highest BCUT2D eigenvalue weighted by Gasteiger charge is 1.89. The topological polar surface area (TPSA) is 70.6 Å². The molecule has 4 N–H and O–H groups in total. The molecule has 84 valence electrons. The summed E-state index contributed by atoms with van der Waals surface area (Å²) < 4.78 is 0. The normalized spacial score (nSPS) is 11.7. The van der Waals surface area contributed by atoms with Crippen LogP contribution in [0.2, 0.25) is 0 Å². The largest absolute Gasteiger partial charge is 0.508 e. The number of allylic oxidation sites excluding steroid dienone is 1. The summed E-state index contributed by atoms with van der Waals surface area (Å²) in [5.41, 5.74) is 9.45. The maximum atomic E-state index is 9.09. The van der Waals surface area contributed by atoms with Crippen LogP contribution in [0.25, 0.3) is 6.08 Å². The maximum Gasteiger partial charge on any atom is 0.184 e. The molecule has 4 nitrogen and oxygen atoms in total. The van der Waals surface area contributed by atoms with E-state index in [1.54, 1.807) is 24.3 Å². The van der Waals surface area contributed by atoms with Gasteiger partial charge in [-0.15, -0.1) is 0 Å². The first-order valence-electron chi connectivity index (χ1n) is 4.65. The van der Waals surface area contributed by atoms with Crippen molar-refractivity contribution >= 4 is 29.1 Å². The molecule has 0 aliphatic rings. The van der Waals surface area contributed by atoms with Gasteiger partial charge in [-0.25, -0.2) is 0 Å². The number of benzene rings is 1. The molecule has 0 bridgehead atoms. The molecule has 0 radical (unpaired) electrons. The number of nitrogens with two attached hydrogens (primary N) is 1. The van der Waals surface area contributed by atoms with Crippen LogP contribution in [0.15, 0.2) is 35.4 Å². The Morgan fingerprint density at radius 2 is 2.06 bits per heavy atom. The van der Waals surface area contributed by atoms with Gasteiger partial charge in [0.1, 0.15) is 5.75 Å². The molecule has 0 aliphatic heterocycles. The second-order valence-electron chi connectivity index (χ2n) is 3.15. The van der Waals surface area contributed by atoms with E-state index in [1.165, 1.54) is 0 Å². The third-order valence-electron chi connectivity index (χ3n) is 1.75. The quantitative estimate of drug-likeness (QED) is 0.423. The van der Waals surface area contributed by atoms with Crippen LogP contribution in [0, 0.1) is 0 Å². The fraction of sp³-hybridized carbons (Fsp3) is 0.0909. The zero-order valence-corrected chi connectivity index (χ0v) is 9.66. The highest BCUT2D eigenvalue weighted by Crippen LogP contribution is 2.10. The number of aromatic hydroxyl groups is 1. The van der Waals surface area contributed by atoms with E-state index in [2.05, 4.69) is 22.7 Å². The van der Waals surface area contributed by atoms with Crippen LogP contribution in [0.1, 0.15) is 12.5 Å². The van der Waals surface area contributed by atoms with Crippen LogP contribution in [0.5, 0.6) is 5.75 Å². The summed E-state index contributed by atoms with van der Waals surface area (Å²) in [5, 5.41) is 13.2. The predicted octanol–water partition coefficient (Wildman–Crippen LogP) is 1.61. The fourth-order valence-corrected chi connectivity index (χ4v) is 1.03. The summed E-state index contributed by atoms with van der Waals surface area (Å²) in [5.74, 6) is 0.248. The van der Waals surface area contributed by atoms with Gasteiger partial charge in [-0.2, -0.15) is 5.10 Å². The Kier molecular flexibility index (Phi) is 4.47. The molecule has 0 saturated carbocycles. The number of hydrogen-bond acceptors (Lipinski definition) is 3. The second kappa shape index (κ2) is 5.87. The zero-order valence-electron chi connectivity index (χ0n) is 8.84. The molecular weight excluding hydrogens is 222 g/mol. The van der Waals surface area contributed by atoms with Crippen molar-refractivity contribution in [1.29, 1.82) is 0 Å². The van der Waals surface area contributed by atoms with Gasteiger partial charge in [-0.05, 0) is 42.9 Å². The van der Waals surface area contributed by atoms with Crippen LogP contribution in [0.3, 0.4) is 0 Å². The van der Waals surface area contributed by atoms with Crippen molar-refractivity contribution < 1.29 is 5.11 Å². The Morgan fingerprint density at radius 3 is 2.62 bits per heavy atom. The lowest BCUT2D eigenvalue weighted by atomic mass is 10.2. The van der Waals surface area contributed by atoms with Gasteiger partial charge in [0.15, 0.2) is 5.11 Å². The third kappa shape index (κ3) is 4.56. The standard InChI is InChI=1S/C11H13N3OS/c1-8(13-14-11(12)16)2-3-9-4-6-10(15)7-5-9/h2-7,15H,1H3,(H3,12,14,16)/b3-2-,13-8+. The molecule has 0 saturated heterocycles. The number of hydrogen-bond donors (Lipinski definition) is 3. The van der Waals surface area contributed by atoms with Gasteiger partial charge in [-0.1, -0.05) is 18.2 Å². The number of rotatable bonds is 3. The summed E-state index contributed by atoms with van der Waals surface area (Å²) in [6.07, 6.45) is 3.69. The van der Waals surface area contributed by atoms with Crippen molar-refractivity contribution in [3.8, 4) is 5.75 Å². The molecule has 0 amide bonds. The Balaban J connectivity index is 2.62. The molecule has 1 aromatic rings. The summed E-state index contributed by atoms with van der Waals surface area (Å²) in [7, 11) is 0. The Bertz CT molecular complexity index is 423. The number of nitrogens with one attached hydrogen (secondary N) is 1. The van der Waals surface area contributed by atoms with Gasteiger partial charge in [0, 0.05) is 0 Å². The molecule has 0 spiro atoms. The third-order valence-corrected chi connectivity index (χ3v) is 1.84. The lowest BCUT2D eigenvalue weighted by Gasteiger charge is -1.96. The first-order valence-corrected chi connectivity index (χ1v) is 5.05. The molecule has 0 atom stereocenters. The Hall–Kier alpha value is -1.88. The van der Waals surface area contributed by atoms with Crippen molar-refractivity contribution in [2.24, 2.45) is 10.8 Å². The molecular formula is C11H13N3OS. The van der Waals surface area contributed by atoms with Crippen molar-refractivity contribution in [3.63, 3.8) is 0 Å². The SMILES string of the molecule is CC(/C=C\c1ccc(O)cc1)=N\NC(N)=S. The molecule has 0 aromatic heterocycles. The average Bonchev–Trinajstić information content (AvgIpc) is 2.25. The van der Waals surface area contributed by atoms with Crippen LogP contribution < -0.4 is 11.2 Å². The zero-order chi connectivity index (χ0) is 12.0. The van der Waals surface area contributed by atoms with Crippen LogP contribution in [0.4, 0.5) is 0 Å². The van der Waals surface area contributed by atoms with E-state index in [4.69, 9.17) is 10.8 Å². The van der Waals surface area contributed by atoms with E-state index in [9.17, 15) is 0 Å². The lowest BCUT2D eigenvalue weighted by molar-refractivity contribution is 0.475. The van der Waals surface area contributed by atoms with E-state index in [0.29, 0.717) is 0 Å². The summed E-state index contributed by atoms with van der Waals surface area (Å²) >= 11 is 4.61. The smallest absolute Gasteiger partial charge is 0.184 e. The highest BCUT2D eigenvalue weighted by atomic mass is 32.1. The predicted molar refractivity (Wildman–Crippen MR) is 70.2 cm³/mol. The molecule has 16 heavy (non-hydrogen) atoms. The molecule has 0 unspecified atom stereocenters. The first-order chi connectivity index (χ1) is 7.58. The molecule has 0 heterocycles. The monoisotopic (exact) mass is 235 g/mol. The van der Waals surface area contributed by atoms with Gasteiger partial charge in [0.05, 0.1) is 5.71 Å². The first kappa shape index (κ1) is 12.2. The van der Waals surface area contributed by atoms with E-state index in [0.717, 1.165) is 11.3 Å². The number of hydrazone groups is 1. The van der Waals surface area contributed by atoms with Crippen LogP contribution in [-0.4, -0.2) is 15.9 Å². The molecule has 0 aliphatic carbocycles. The van der Waals surface area contributed by atoms with Gasteiger partial charge < -0.3 is 10.8 Å². The molecule has 0 fully saturated rings. The number of thiocarbonyl (C=S) groups is 1. The number of nitrogens with zero attached hydrogens (tertiary/aromatic N) is 1. The van der Waals surface area contributed by atoms with E-state index >= 15 is 0 Å². The molecule has 5 heteroatoms. The number of phenols is 1.